The fraction of sp³-hybridized carbons (Fsp3) is 0.231. The highest BCUT2D eigenvalue weighted by Gasteiger charge is 2.41. The molecular formula is C26H23F3N6O3. The Morgan fingerprint density at radius 3 is 2.47 bits per heavy atom. The number of esters is 1. The number of amides is 1. The summed E-state index contributed by atoms with van der Waals surface area (Å²) in [6.07, 6.45) is -2.09. The zero-order chi connectivity index (χ0) is 26.9. The van der Waals surface area contributed by atoms with E-state index in [1.54, 1.807) is 36.4 Å². The van der Waals surface area contributed by atoms with Gasteiger partial charge >= 0.3 is 12.1 Å². The number of aromatic nitrogens is 3. The Morgan fingerprint density at radius 1 is 1.03 bits per heavy atom. The number of alkyl halides is 3. The quantitative estimate of drug-likeness (QED) is 0.298. The Hall–Kier alpha value is -4.45. The smallest absolute Gasteiger partial charge is 0.419 e. The summed E-state index contributed by atoms with van der Waals surface area (Å²) in [5.74, 6) is -2.11. The molecule has 2 aromatic heterocycles. The highest BCUT2D eigenvalue weighted by atomic mass is 19.4. The standard InChI is InChI=1S/C26H23F3N6O3/c1-34-9-11-35(12-10-34)24(36)16-5-7-17(8-6-16)31-23-15-30-14-21(33-23)20-13-18-19(32-20)3-2-4-22(18)38-25(37)26(27,28)29/h2-8,13-15,32H,9-12H2,1H3,(H,31,33). The first kappa shape index (κ1) is 25.2. The zero-order valence-electron chi connectivity index (χ0n) is 20.2. The summed E-state index contributed by atoms with van der Waals surface area (Å²) in [6.45, 7) is 3.07. The summed E-state index contributed by atoms with van der Waals surface area (Å²) in [5, 5.41) is 3.43. The number of anilines is 2. The Kier molecular flexibility index (Phi) is 6.72. The minimum atomic E-state index is -5.11. The Bertz CT molecular complexity index is 1480. The fourth-order valence-electron chi connectivity index (χ4n) is 4.10. The molecule has 2 N–H and O–H groups in total. The summed E-state index contributed by atoms with van der Waals surface area (Å²) in [6, 6.07) is 13.0. The van der Waals surface area contributed by atoms with Crippen LogP contribution in [0.25, 0.3) is 22.3 Å². The largest absolute Gasteiger partial charge is 0.491 e. The van der Waals surface area contributed by atoms with Gasteiger partial charge in [-0.25, -0.2) is 9.78 Å². The summed E-state index contributed by atoms with van der Waals surface area (Å²) in [5.41, 5.74) is 2.65. The van der Waals surface area contributed by atoms with E-state index in [1.165, 1.54) is 24.5 Å². The second kappa shape index (κ2) is 10.1. The number of halogens is 3. The van der Waals surface area contributed by atoms with Gasteiger partial charge in [-0.2, -0.15) is 13.2 Å². The molecule has 0 unspecified atom stereocenters. The lowest BCUT2D eigenvalue weighted by atomic mass is 10.1. The van der Waals surface area contributed by atoms with E-state index in [4.69, 9.17) is 0 Å². The van der Waals surface area contributed by atoms with Crippen LogP contribution in [0.3, 0.4) is 0 Å². The van der Waals surface area contributed by atoms with Crippen LogP contribution < -0.4 is 10.1 Å². The molecule has 1 saturated heterocycles. The third kappa shape index (κ3) is 5.44. The van der Waals surface area contributed by atoms with Crippen LogP contribution in [-0.4, -0.2) is 76.0 Å². The molecule has 9 nitrogen and oxygen atoms in total. The van der Waals surface area contributed by atoms with Gasteiger partial charge in [0.15, 0.2) is 0 Å². The lowest BCUT2D eigenvalue weighted by Gasteiger charge is -2.32. The van der Waals surface area contributed by atoms with E-state index in [9.17, 15) is 22.8 Å². The van der Waals surface area contributed by atoms with Gasteiger partial charge in [-0.3, -0.25) is 9.78 Å². The number of likely N-dealkylation sites (N-methyl/N-ethyl adjacent to an activating group) is 1. The van der Waals surface area contributed by atoms with Crippen LogP contribution in [-0.2, 0) is 4.79 Å². The van der Waals surface area contributed by atoms with E-state index in [2.05, 4.69) is 29.9 Å². The molecule has 1 amide bonds. The predicted molar refractivity (Wildman–Crippen MR) is 134 cm³/mol. The molecule has 4 aromatic rings. The number of carbonyl (C=O) groups is 2. The molecule has 0 bridgehead atoms. The molecule has 5 rings (SSSR count). The molecule has 1 aliphatic rings. The number of benzene rings is 2. The van der Waals surface area contributed by atoms with Gasteiger partial charge < -0.3 is 24.8 Å². The number of ether oxygens (including phenoxy) is 1. The van der Waals surface area contributed by atoms with Crippen molar-refractivity contribution in [3.8, 4) is 17.1 Å². The van der Waals surface area contributed by atoms with Crippen LogP contribution in [0.15, 0.2) is 60.9 Å². The number of rotatable bonds is 5. The van der Waals surface area contributed by atoms with Crippen molar-refractivity contribution in [3.63, 3.8) is 0 Å². The molecule has 1 aliphatic heterocycles. The monoisotopic (exact) mass is 524 g/mol. The van der Waals surface area contributed by atoms with Gasteiger partial charge in [-0.1, -0.05) is 6.07 Å². The van der Waals surface area contributed by atoms with E-state index in [0.717, 1.165) is 13.1 Å². The normalized spacial score (nSPS) is 14.5. The first-order chi connectivity index (χ1) is 18.2. The lowest BCUT2D eigenvalue weighted by Crippen LogP contribution is -2.47. The zero-order valence-corrected chi connectivity index (χ0v) is 20.2. The number of fused-ring (bicyclic) bond motifs is 1. The Balaban J connectivity index is 1.31. The minimum absolute atomic E-state index is 0.00877. The first-order valence-electron chi connectivity index (χ1n) is 11.8. The average molecular weight is 525 g/mol. The molecule has 38 heavy (non-hydrogen) atoms. The van der Waals surface area contributed by atoms with Crippen LogP contribution in [0.2, 0.25) is 0 Å². The summed E-state index contributed by atoms with van der Waals surface area (Å²) in [4.78, 5) is 39.9. The number of nitrogens with zero attached hydrogens (tertiary/aromatic N) is 4. The van der Waals surface area contributed by atoms with Crippen LogP contribution >= 0.6 is 0 Å². The topological polar surface area (TPSA) is 103 Å². The van der Waals surface area contributed by atoms with Crippen LogP contribution in [0, 0.1) is 0 Å². The van der Waals surface area contributed by atoms with E-state index in [-0.39, 0.29) is 11.7 Å². The first-order valence-corrected chi connectivity index (χ1v) is 11.8. The number of piperazine rings is 1. The molecular weight excluding hydrogens is 501 g/mol. The summed E-state index contributed by atoms with van der Waals surface area (Å²) in [7, 11) is 2.03. The second-order valence-corrected chi connectivity index (χ2v) is 8.88. The fourth-order valence-corrected chi connectivity index (χ4v) is 4.10. The SMILES string of the molecule is CN1CCN(C(=O)c2ccc(Nc3cncc(-c4cc5c(OC(=O)C(F)(F)F)cccc5[nH]4)n3)cc2)CC1. The average Bonchev–Trinajstić information content (AvgIpc) is 3.34. The van der Waals surface area contributed by atoms with Gasteiger partial charge in [0.05, 0.1) is 18.1 Å². The van der Waals surface area contributed by atoms with Gasteiger partial charge in [0.1, 0.15) is 17.3 Å². The summed E-state index contributed by atoms with van der Waals surface area (Å²) >= 11 is 0. The molecule has 0 saturated carbocycles. The molecule has 0 radical (unpaired) electrons. The van der Waals surface area contributed by atoms with Crippen molar-refractivity contribution in [2.24, 2.45) is 0 Å². The molecule has 12 heteroatoms. The van der Waals surface area contributed by atoms with Gasteiger partial charge in [0.2, 0.25) is 0 Å². The number of hydrogen-bond donors (Lipinski definition) is 2. The molecule has 196 valence electrons. The van der Waals surface area contributed by atoms with Crippen LogP contribution in [0.4, 0.5) is 24.7 Å². The van der Waals surface area contributed by atoms with Crippen LogP contribution in [0.5, 0.6) is 5.75 Å². The van der Waals surface area contributed by atoms with Crippen molar-refractivity contribution >= 4 is 34.3 Å². The molecule has 3 heterocycles. The maximum atomic E-state index is 12.8. The highest BCUT2D eigenvalue weighted by Crippen LogP contribution is 2.32. The van der Waals surface area contributed by atoms with Crippen molar-refractivity contribution in [3.05, 3.63) is 66.5 Å². The van der Waals surface area contributed by atoms with Crippen molar-refractivity contribution in [2.75, 3.05) is 38.5 Å². The van der Waals surface area contributed by atoms with Crippen molar-refractivity contribution < 1.29 is 27.5 Å². The molecule has 1 fully saturated rings. The summed E-state index contributed by atoms with van der Waals surface area (Å²) < 4.78 is 42.5. The van der Waals surface area contributed by atoms with E-state index in [0.29, 0.717) is 52.4 Å². The van der Waals surface area contributed by atoms with Crippen molar-refractivity contribution in [1.29, 1.82) is 0 Å². The number of hydrogen-bond acceptors (Lipinski definition) is 7. The van der Waals surface area contributed by atoms with Gasteiger partial charge in [0.25, 0.3) is 5.91 Å². The Labute approximate surface area is 215 Å². The van der Waals surface area contributed by atoms with Crippen molar-refractivity contribution in [2.45, 2.75) is 6.18 Å². The molecule has 0 aliphatic carbocycles. The molecule has 0 spiro atoms. The van der Waals surface area contributed by atoms with E-state index in [1.807, 2.05) is 11.9 Å². The van der Waals surface area contributed by atoms with Gasteiger partial charge in [0, 0.05) is 48.3 Å². The maximum absolute atomic E-state index is 12.8. The number of aromatic amines is 1. The maximum Gasteiger partial charge on any atom is 0.491 e. The number of H-pyrrole nitrogens is 1. The van der Waals surface area contributed by atoms with Crippen molar-refractivity contribution in [1.82, 2.24) is 24.8 Å². The van der Waals surface area contributed by atoms with Gasteiger partial charge in [-0.05, 0) is 49.5 Å². The lowest BCUT2D eigenvalue weighted by molar-refractivity contribution is -0.189. The highest BCUT2D eigenvalue weighted by molar-refractivity contribution is 5.95. The van der Waals surface area contributed by atoms with E-state index >= 15 is 0 Å². The predicted octanol–water partition coefficient (Wildman–Crippen LogP) is 4.22. The van der Waals surface area contributed by atoms with Gasteiger partial charge in [-0.15, -0.1) is 0 Å². The van der Waals surface area contributed by atoms with Crippen LogP contribution in [0.1, 0.15) is 10.4 Å². The number of carbonyl (C=O) groups excluding carboxylic acids is 2. The number of nitrogens with one attached hydrogen (secondary N) is 2. The molecule has 0 atom stereocenters. The van der Waals surface area contributed by atoms with E-state index < -0.39 is 12.1 Å². The Morgan fingerprint density at radius 2 is 1.76 bits per heavy atom. The molecule has 2 aromatic carbocycles. The minimum Gasteiger partial charge on any atom is -0.419 e. The third-order valence-electron chi connectivity index (χ3n) is 6.16. The second-order valence-electron chi connectivity index (χ2n) is 8.88. The third-order valence-corrected chi connectivity index (χ3v) is 6.16.